The van der Waals surface area contributed by atoms with Crippen molar-refractivity contribution in [1.29, 1.82) is 0 Å². The molecule has 1 amide bonds. The summed E-state index contributed by atoms with van der Waals surface area (Å²) in [5.41, 5.74) is 4.13. The summed E-state index contributed by atoms with van der Waals surface area (Å²) in [4.78, 5) is 31.8. The van der Waals surface area contributed by atoms with Crippen LogP contribution in [0.1, 0.15) is 29.8 Å². The van der Waals surface area contributed by atoms with Gasteiger partial charge in [-0.1, -0.05) is 42.5 Å². The molecule has 4 rings (SSSR count). The largest absolute Gasteiger partial charge is 0.347 e. The summed E-state index contributed by atoms with van der Waals surface area (Å²) in [5.74, 6) is -0.124. The molecule has 0 radical (unpaired) electrons. The molecule has 6 nitrogen and oxygen atoms in total. The number of imidazole rings is 1. The summed E-state index contributed by atoms with van der Waals surface area (Å²) in [5, 5.41) is 3.14. The molecule has 2 N–H and O–H groups in total. The Morgan fingerprint density at radius 1 is 1.07 bits per heavy atom. The quantitative estimate of drug-likeness (QED) is 0.536. The van der Waals surface area contributed by atoms with Crippen molar-refractivity contribution in [3.63, 3.8) is 0 Å². The van der Waals surface area contributed by atoms with E-state index in [-0.39, 0.29) is 11.6 Å². The summed E-state index contributed by atoms with van der Waals surface area (Å²) in [6.07, 6.45) is 2.44. The van der Waals surface area contributed by atoms with Crippen molar-refractivity contribution >= 4 is 17.1 Å². The highest BCUT2D eigenvalue weighted by Crippen LogP contribution is 2.23. The average molecular weight is 400 g/mol. The van der Waals surface area contributed by atoms with Gasteiger partial charge in [-0.2, -0.15) is 0 Å². The maximum absolute atomic E-state index is 12.9. The lowest BCUT2D eigenvalue weighted by Crippen LogP contribution is -2.45. The molecular formula is C24H24N4O2. The molecule has 0 saturated heterocycles. The van der Waals surface area contributed by atoms with E-state index in [0.29, 0.717) is 11.2 Å². The van der Waals surface area contributed by atoms with Gasteiger partial charge >= 0.3 is 5.69 Å². The number of amides is 1. The summed E-state index contributed by atoms with van der Waals surface area (Å²) in [7, 11) is 1.70. The highest BCUT2D eigenvalue weighted by molar-refractivity contribution is 5.96. The second-order valence-corrected chi connectivity index (χ2v) is 8.16. The van der Waals surface area contributed by atoms with Gasteiger partial charge < -0.3 is 5.32 Å². The number of nitrogens with zero attached hydrogens (tertiary/aromatic N) is 2. The van der Waals surface area contributed by atoms with Crippen LogP contribution in [0.2, 0.25) is 0 Å². The molecule has 0 aliphatic heterocycles. The monoisotopic (exact) mass is 400 g/mol. The molecule has 152 valence electrons. The van der Waals surface area contributed by atoms with Gasteiger partial charge in [0.25, 0.3) is 5.91 Å². The maximum Gasteiger partial charge on any atom is 0.327 e. The van der Waals surface area contributed by atoms with Gasteiger partial charge in [-0.05, 0) is 49.6 Å². The predicted molar refractivity (Wildman–Crippen MR) is 118 cm³/mol. The van der Waals surface area contributed by atoms with E-state index in [9.17, 15) is 9.59 Å². The number of hydrogen-bond donors (Lipinski definition) is 2. The molecule has 0 saturated carbocycles. The normalized spacial score (nSPS) is 11.6. The van der Waals surface area contributed by atoms with E-state index in [4.69, 9.17) is 0 Å². The Hall–Kier alpha value is -3.67. The van der Waals surface area contributed by atoms with E-state index >= 15 is 0 Å². The van der Waals surface area contributed by atoms with Crippen LogP contribution in [-0.4, -0.2) is 26.0 Å². The molecule has 0 aliphatic rings. The summed E-state index contributed by atoms with van der Waals surface area (Å²) >= 11 is 0. The molecule has 30 heavy (non-hydrogen) atoms. The molecule has 0 aliphatic carbocycles. The third-order valence-corrected chi connectivity index (χ3v) is 5.16. The van der Waals surface area contributed by atoms with Crippen molar-refractivity contribution in [2.24, 2.45) is 7.05 Å². The van der Waals surface area contributed by atoms with Gasteiger partial charge in [-0.15, -0.1) is 0 Å². The van der Waals surface area contributed by atoms with E-state index in [2.05, 4.69) is 27.4 Å². The fraction of sp³-hybridized carbons (Fsp3) is 0.208. The van der Waals surface area contributed by atoms with Crippen molar-refractivity contribution in [2.75, 3.05) is 0 Å². The Labute approximate surface area is 174 Å². The van der Waals surface area contributed by atoms with Gasteiger partial charge in [0, 0.05) is 29.9 Å². The lowest BCUT2D eigenvalue weighted by atomic mass is 9.94. The van der Waals surface area contributed by atoms with Gasteiger partial charge in [0.05, 0.1) is 5.52 Å². The minimum absolute atomic E-state index is 0.124. The van der Waals surface area contributed by atoms with Gasteiger partial charge in [-0.25, -0.2) is 9.78 Å². The van der Waals surface area contributed by atoms with E-state index < -0.39 is 5.54 Å². The first-order valence-electron chi connectivity index (χ1n) is 9.84. The number of pyridine rings is 1. The number of carbonyl (C=O) groups excluding carboxylic acids is 1. The molecule has 6 heteroatoms. The number of H-pyrrole nitrogens is 1. The molecule has 4 aromatic rings. The minimum Gasteiger partial charge on any atom is -0.347 e. The third kappa shape index (κ3) is 4.03. The van der Waals surface area contributed by atoms with Gasteiger partial charge in [-0.3, -0.25) is 14.3 Å². The van der Waals surface area contributed by atoms with Crippen LogP contribution < -0.4 is 11.0 Å². The molecule has 0 spiro atoms. The van der Waals surface area contributed by atoms with E-state index in [1.807, 2.05) is 56.3 Å². The summed E-state index contributed by atoms with van der Waals surface area (Å²) < 4.78 is 1.52. The lowest BCUT2D eigenvalue weighted by Gasteiger charge is -2.26. The Morgan fingerprint density at radius 2 is 1.83 bits per heavy atom. The van der Waals surface area contributed by atoms with Crippen LogP contribution in [0.4, 0.5) is 0 Å². The van der Waals surface area contributed by atoms with E-state index in [1.165, 1.54) is 10.1 Å². The van der Waals surface area contributed by atoms with Gasteiger partial charge in [0.15, 0.2) is 5.65 Å². The molecule has 0 unspecified atom stereocenters. The second kappa shape index (κ2) is 7.63. The van der Waals surface area contributed by atoms with Crippen LogP contribution in [0.15, 0.2) is 71.7 Å². The van der Waals surface area contributed by atoms with Crippen molar-refractivity contribution in [3.05, 3.63) is 88.5 Å². The number of hydrogen-bond acceptors (Lipinski definition) is 3. The molecule has 2 heterocycles. The predicted octanol–water partition coefficient (Wildman–Crippen LogP) is 3.68. The number of aromatic nitrogens is 3. The molecule has 2 aromatic heterocycles. The fourth-order valence-electron chi connectivity index (χ4n) is 3.63. The zero-order valence-corrected chi connectivity index (χ0v) is 17.3. The van der Waals surface area contributed by atoms with E-state index in [1.54, 1.807) is 19.3 Å². The average Bonchev–Trinajstić information content (AvgIpc) is 3.01. The number of benzene rings is 2. The zero-order chi connectivity index (χ0) is 21.3. The Kier molecular flexibility index (Phi) is 4.99. The van der Waals surface area contributed by atoms with Crippen LogP contribution in [0.5, 0.6) is 0 Å². The molecule has 2 aromatic carbocycles. The van der Waals surface area contributed by atoms with Crippen LogP contribution in [0.25, 0.3) is 22.3 Å². The molecule has 0 atom stereocenters. The number of rotatable bonds is 5. The number of aryl methyl sites for hydroxylation is 1. The molecule has 0 bridgehead atoms. The number of carbonyl (C=O) groups is 1. The molecule has 0 fully saturated rings. The van der Waals surface area contributed by atoms with Gasteiger partial charge in [0.2, 0.25) is 0 Å². The summed E-state index contributed by atoms with van der Waals surface area (Å²) in [6, 6.07) is 19.4. The van der Waals surface area contributed by atoms with Crippen molar-refractivity contribution in [3.8, 4) is 11.1 Å². The second-order valence-electron chi connectivity index (χ2n) is 8.16. The Balaban J connectivity index is 1.57. The lowest BCUT2D eigenvalue weighted by molar-refractivity contribution is 0.0913. The topological polar surface area (TPSA) is 79.8 Å². The first kappa shape index (κ1) is 19.6. The number of aromatic amines is 1. The minimum atomic E-state index is -0.391. The number of nitrogens with one attached hydrogen (secondary N) is 2. The number of fused-ring (bicyclic) bond motifs is 1. The smallest absolute Gasteiger partial charge is 0.327 e. The highest BCUT2D eigenvalue weighted by Gasteiger charge is 2.22. The molecular weight excluding hydrogens is 376 g/mol. The van der Waals surface area contributed by atoms with Crippen molar-refractivity contribution in [1.82, 2.24) is 19.9 Å². The van der Waals surface area contributed by atoms with E-state index in [0.717, 1.165) is 23.1 Å². The van der Waals surface area contributed by atoms with Crippen molar-refractivity contribution in [2.45, 2.75) is 25.8 Å². The van der Waals surface area contributed by atoms with Crippen LogP contribution >= 0.6 is 0 Å². The third-order valence-electron chi connectivity index (χ3n) is 5.16. The SMILES string of the molecule is Cn1c(=O)[nH]c2ncc(-c3cccc(C(=O)NC(C)(C)Cc4ccccc4)c3)cc21. The Morgan fingerprint density at radius 3 is 2.60 bits per heavy atom. The maximum atomic E-state index is 12.9. The van der Waals surface area contributed by atoms with Crippen molar-refractivity contribution < 1.29 is 4.79 Å². The van der Waals surface area contributed by atoms with Crippen LogP contribution in [-0.2, 0) is 13.5 Å². The van der Waals surface area contributed by atoms with Gasteiger partial charge in [0.1, 0.15) is 0 Å². The Bertz CT molecular complexity index is 1270. The standard InChI is InChI=1S/C24H24N4O2/c1-24(2,14-16-8-5-4-6-9-16)27-22(29)18-11-7-10-17(12-18)19-13-20-21(25-15-19)26-23(30)28(20)3/h4-13,15H,14H2,1-3H3,(H,27,29)(H,25,26,30). The fourth-order valence-corrected chi connectivity index (χ4v) is 3.63. The first-order chi connectivity index (χ1) is 14.3. The highest BCUT2D eigenvalue weighted by atomic mass is 16.2. The van der Waals surface area contributed by atoms with Crippen LogP contribution in [0, 0.1) is 0 Å². The van der Waals surface area contributed by atoms with Crippen LogP contribution in [0.3, 0.4) is 0 Å². The summed E-state index contributed by atoms with van der Waals surface area (Å²) in [6.45, 7) is 4.04. The zero-order valence-electron chi connectivity index (χ0n) is 17.3. The first-order valence-corrected chi connectivity index (χ1v) is 9.84.